The number of ether oxygens (including phenoxy) is 1. The Hall–Kier alpha value is -1.60. The van der Waals surface area contributed by atoms with Gasteiger partial charge in [-0.1, -0.05) is 11.3 Å². The number of halogens is 1. The van der Waals surface area contributed by atoms with Gasteiger partial charge in [0.15, 0.2) is 5.06 Å². The molecule has 0 aliphatic rings. The number of methoxy groups -OCH3 is 1. The summed E-state index contributed by atoms with van der Waals surface area (Å²) in [7, 11) is 1.50. The fourth-order valence-electron chi connectivity index (χ4n) is 1.30. The van der Waals surface area contributed by atoms with Crippen LogP contribution in [0.2, 0.25) is 0 Å². The monoisotopic (exact) mass is 207 g/mol. The van der Waals surface area contributed by atoms with Crippen LogP contribution >= 0.6 is 11.3 Å². The Balaban J connectivity index is 2.83. The summed E-state index contributed by atoms with van der Waals surface area (Å²) in [6.07, 6.45) is 0. The van der Waals surface area contributed by atoms with Gasteiger partial charge in [0.25, 0.3) is 0 Å². The summed E-state index contributed by atoms with van der Waals surface area (Å²) in [5.74, 6) is -0.338. The van der Waals surface area contributed by atoms with Crippen molar-refractivity contribution < 1.29 is 9.13 Å². The average molecular weight is 207 g/mol. The van der Waals surface area contributed by atoms with Crippen molar-refractivity contribution in [2.24, 2.45) is 0 Å². The Kier molecular flexibility index (Phi) is 2.10. The number of hydrogen-bond donors (Lipinski definition) is 0. The van der Waals surface area contributed by atoms with E-state index in [1.807, 2.05) is 6.07 Å². The van der Waals surface area contributed by atoms with Gasteiger partial charge in [-0.25, -0.2) is 4.39 Å². The predicted octanol–water partition coefficient (Wildman–Crippen LogP) is 2.92. The largest absolute Gasteiger partial charge is 0.486 e. The standard InChI is InChI=1S/C10H6FNOS/c1-13-10-8(5-12)7-4-6(11)2-3-9(7)14-10/h2-4H,1H3. The second-order valence-corrected chi connectivity index (χ2v) is 3.74. The maximum atomic E-state index is 12.9. The van der Waals surface area contributed by atoms with Gasteiger partial charge in [0.2, 0.25) is 0 Å². The average Bonchev–Trinajstić information content (AvgIpc) is 2.54. The number of benzene rings is 1. The Morgan fingerprint density at radius 2 is 2.29 bits per heavy atom. The predicted molar refractivity (Wildman–Crippen MR) is 53.1 cm³/mol. The van der Waals surface area contributed by atoms with Crippen molar-refractivity contribution in [3.63, 3.8) is 0 Å². The van der Waals surface area contributed by atoms with E-state index in [9.17, 15) is 4.39 Å². The van der Waals surface area contributed by atoms with Crippen molar-refractivity contribution in [3.8, 4) is 11.1 Å². The summed E-state index contributed by atoms with van der Waals surface area (Å²) >= 11 is 1.35. The van der Waals surface area contributed by atoms with E-state index in [1.54, 1.807) is 6.07 Å². The SMILES string of the molecule is COc1sc2ccc(F)cc2c1C#N. The van der Waals surface area contributed by atoms with Crippen molar-refractivity contribution >= 4 is 21.4 Å². The van der Waals surface area contributed by atoms with Crippen LogP contribution in [0, 0.1) is 17.1 Å². The normalized spacial score (nSPS) is 10.1. The molecule has 0 atom stereocenters. The summed E-state index contributed by atoms with van der Waals surface area (Å²) in [6, 6.07) is 6.40. The molecule has 4 heteroatoms. The fraction of sp³-hybridized carbons (Fsp3) is 0.100. The van der Waals surface area contributed by atoms with Crippen molar-refractivity contribution in [1.82, 2.24) is 0 Å². The molecule has 2 nitrogen and oxygen atoms in total. The fourth-order valence-corrected chi connectivity index (χ4v) is 2.24. The van der Waals surface area contributed by atoms with Crippen LogP contribution in [0.1, 0.15) is 5.56 Å². The zero-order valence-corrected chi connectivity index (χ0v) is 8.19. The van der Waals surface area contributed by atoms with Gasteiger partial charge in [-0.05, 0) is 18.2 Å². The Morgan fingerprint density at radius 3 is 2.93 bits per heavy atom. The quantitative estimate of drug-likeness (QED) is 0.720. The molecule has 2 aromatic rings. The summed E-state index contributed by atoms with van der Waals surface area (Å²) < 4.78 is 18.8. The molecule has 0 saturated heterocycles. The van der Waals surface area contributed by atoms with Crippen molar-refractivity contribution in [3.05, 3.63) is 29.6 Å². The molecule has 0 N–H and O–H groups in total. The molecule has 1 heterocycles. The molecular weight excluding hydrogens is 201 g/mol. The molecule has 1 aromatic carbocycles. The summed E-state index contributed by atoms with van der Waals surface area (Å²) in [5, 5.41) is 10.0. The van der Waals surface area contributed by atoms with E-state index >= 15 is 0 Å². The second-order valence-electron chi connectivity index (χ2n) is 2.72. The Bertz CT molecular complexity index is 527. The van der Waals surface area contributed by atoms with E-state index in [4.69, 9.17) is 10.00 Å². The van der Waals surface area contributed by atoms with Crippen LogP contribution in [0.3, 0.4) is 0 Å². The van der Waals surface area contributed by atoms with Crippen LogP contribution < -0.4 is 4.74 Å². The first kappa shape index (κ1) is 8.97. The third-order valence-corrected chi connectivity index (χ3v) is 3.05. The topological polar surface area (TPSA) is 33.0 Å². The Morgan fingerprint density at radius 1 is 1.50 bits per heavy atom. The van der Waals surface area contributed by atoms with Gasteiger partial charge < -0.3 is 4.74 Å². The highest BCUT2D eigenvalue weighted by Crippen LogP contribution is 2.36. The van der Waals surface area contributed by atoms with Gasteiger partial charge in [-0.15, -0.1) is 0 Å². The number of rotatable bonds is 1. The lowest BCUT2D eigenvalue weighted by molar-refractivity contribution is 0.426. The lowest BCUT2D eigenvalue weighted by Crippen LogP contribution is -1.81. The summed E-state index contributed by atoms with van der Waals surface area (Å²) in [6.45, 7) is 0. The van der Waals surface area contributed by atoms with Gasteiger partial charge in [0, 0.05) is 10.1 Å². The van der Waals surface area contributed by atoms with Crippen LogP contribution in [0.5, 0.6) is 5.06 Å². The lowest BCUT2D eigenvalue weighted by atomic mass is 10.2. The van der Waals surface area contributed by atoms with E-state index in [0.29, 0.717) is 16.0 Å². The third-order valence-electron chi connectivity index (χ3n) is 1.91. The smallest absolute Gasteiger partial charge is 0.192 e. The third kappa shape index (κ3) is 1.22. The van der Waals surface area contributed by atoms with E-state index in [1.165, 1.54) is 30.6 Å². The van der Waals surface area contributed by atoms with E-state index < -0.39 is 0 Å². The first-order valence-electron chi connectivity index (χ1n) is 3.92. The highest BCUT2D eigenvalue weighted by Gasteiger charge is 2.12. The number of hydrogen-bond acceptors (Lipinski definition) is 3. The number of nitrogens with zero attached hydrogens (tertiary/aromatic N) is 1. The van der Waals surface area contributed by atoms with Gasteiger partial charge in [-0.3, -0.25) is 0 Å². The first-order valence-corrected chi connectivity index (χ1v) is 4.74. The van der Waals surface area contributed by atoms with Crippen molar-refractivity contribution in [2.45, 2.75) is 0 Å². The highest BCUT2D eigenvalue weighted by atomic mass is 32.1. The van der Waals surface area contributed by atoms with Crippen molar-refractivity contribution in [2.75, 3.05) is 7.11 Å². The molecule has 0 unspecified atom stereocenters. The first-order chi connectivity index (χ1) is 6.76. The molecule has 0 fully saturated rings. The van der Waals surface area contributed by atoms with Gasteiger partial charge >= 0.3 is 0 Å². The van der Waals surface area contributed by atoms with Gasteiger partial charge in [-0.2, -0.15) is 5.26 Å². The minimum Gasteiger partial charge on any atom is -0.486 e. The molecule has 0 amide bonds. The number of thiophene rings is 1. The summed E-state index contributed by atoms with van der Waals surface area (Å²) in [5.41, 5.74) is 0.409. The van der Waals surface area contributed by atoms with Crippen LogP contribution in [-0.2, 0) is 0 Å². The van der Waals surface area contributed by atoms with Crippen LogP contribution in [0.4, 0.5) is 4.39 Å². The molecule has 0 radical (unpaired) electrons. The molecule has 0 bridgehead atoms. The maximum Gasteiger partial charge on any atom is 0.192 e. The summed E-state index contributed by atoms with van der Waals surface area (Å²) in [4.78, 5) is 0. The van der Waals surface area contributed by atoms with E-state index in [2.05, 4.69) is 0 Å². The minimum atomic E-state index is -0.338. The van der Waals surface area contributed by atoms with E-state index in [0.717, 1.165) is 4.70 Å². The van der Waals surface area contributed by atoms with Gasteiger partial charge in [0.1, 0.15) is 17.4 Å². The zero-order chi connectivity index (χ0) is 10.1. The van der Waals surface area contributed by atoms with Crippen LogP contribution in [-0.4, -0.2) is 7.11 Å². The zero-order valence-electron chi connectivity index (χ0n) is 7.37. The molecule has 0 saturated carbocycles. The van der Waals surface area contributed by atoms with Crippen LogP contribution in [0.15, 0.2) is 18.2 Å². The highest BCUT2D eigenvalue weighted by molar-refractivity contribution is 7.21. The molecule has 1 aromatic heterocycles. The maximum absolute atomic E-state index is 12.9. The molecular formula is C10H6FNOS. The molecule has 2 rings (SSSR count). The van der Waals surface area contributed by atoms with Crippen molar-refractivity contribution in [1.29, 1.82) is 5.26 Å². The lowest BCUT2D eigenvalue weighted by Gasteiger charge is -1.92. The molecule has 0 spiro atoms. The van der Waals surface area contributed by atoms with E-state index in [-0.39, 0.29) is 5.82 Å². The Labute approximate surface area is 84.2 Å². The second kappa shape index (κ2) is 3.28. The molecule has 0 aliphatic carbocycles. The number of nitriles is 1. The number of fused-ring (bicyclic) bond motifs is 1. The van der Waals surface area contributed by atoms with Crippen LogP contribution in [0.25, 0.3) is 10.1 Å². The minimum absolute atomic E-state index is 0.338. The molecule has 14 heavy (non-hydrogen) atoms. The van der Waals surface area contributed by atoms with Gasteiger partial charge in [0.05, 0.1) is 7.11 Å². The molecule has 0 aliphatic heterocycles. The molecule has 70 valence electrons.